The lowest BCUT2D eigenvalue weighted by molar-refractivity contribution is -0.229. The molecule has 2 aromatic heterocycles. The zero-order valence-electron chi connectivity index (χ0n) is 21.0. The van der Waals surface area contributed by atoms with Crippen LogP contribution in [0.2, 0.25) is 10.0 Å². The van der Waals surface area contributed by atoms with Crippen LogP contribution < -0.4 is 0 Å². The van der Waals surface area contributed by atoms with E-state index < -0.39 is 17.6 Å². The van der Waals surface area contributed by atoms with Crippen molar-refractivity contribution in [3.05, 3.63) is 68.1 Å². The molecule has 2 aromatic carbocycles. The smallest absolute Gasteiger partial charge is 0.340 e. The lowest BCUT2D eigenvalue weighted by atomic mass is 9.85. The number of hydrogen-bond donors (Lipinski definition) is 1. The van der Waals surface area contributed by atoms with Gasteiger partial charge in [0, 0.05) is 35.8 Å². The molecular formula is C28H25Cl2FN2O5S. The number of hydrogen-bond acceptors (Lipinski definition) is 8. The van der Waals surface area contributed by atoms with Crippen LogP contribution in [0.5, 0.6) is 0 Å². The fourth-order valence-corrected chi connectivity index (χ4v) is 6.88. The molecule has 0 bridgehead atoms. The maximum Gasteiger partial charge on any atom is 0.340 e. The molecule has 0 amide bonds. The number of esters is 1. The molecule has 0 aliphatic heterocycles. The van der Waals surface area contributed by atoms with Gasteiger partial charge >= 0.3 is 5.97 Å². The predicted octanol–water partition coefficient (Wildman–Crippen LogP) is 7.62. The van der Waals surface area contributed by atoms with Crippen LogP contribution in [-0.2, 0) is 16.1 Å². The van der Waals surface area contributed by atoms with Crippen molar-refractivity contribution in [3.8, 4) is 11.3 Å². The van der Waals surface area contributed by atoms with E-state index >= 15 is 0 Å². The highest BCUT2D eigenvalue weighted by Gasteiger charge is 2.38. The van der Waals surface area contributed by atoms with E-state index in [0.717, 1.165) is 29.2 Å². The van der Waals surface area contributed by atoms with E-state index in [9.17, 15) is 14.3 Å². The Hall–Kier alpha value is -2.56. The van der Waals surface area contributed by atoms with Crippen molar-refractivity contribution in [1.29, 1.82) is 0 Å². The van der Waals surface area contributed by atoms with E-state index in [2.05, 4.69) is 14.9 Å². The minimum Gasteiger partial charge on any atom is -0.465 e. The third-order valence-corrected chi connectivity index (χ3v) is 9.34. The van der Waals surface area contributed by atoms with Crippen LogP contribution in [0.25, 0.3) is 21.5 Å². The van der Waals surface area contributed by atoms with Crippen LogP contribution in [0.1, 0.15) is 77.1 Å². The number of carbonyl (C=O) groups is 1. The van der Waals surface area contributed by atoms with E-state index in [1.54, 1.807) is 24.3 Å². The Kier molecular flexibility index (Phi) is 7.14. The number of nitrogens with zero attached hydrogens (tertiary/aromatic N) is 2. The summed E-state index contributed by atoms with van der Waals surface area (Å²) in [6, 6.07) is 8.29. The number of fused-ring (bicyclic) bond motifs is 1. The minimum atomic E-state index is -1.34. The van der Waals surface area contributed by atoms with Gasteiger partial charge in [0.2, 0.25) is 0 Å². The first-order valence-corrected chi connectivity index (χ1v) is 14.3. The van der Waals surface area contributed by atoms with Gasteiger partial charge in [-0.05, 0) is 49.9 Å². The quantitative estimate of drug-likeness (QED) is 0.175. The van der Waals surface area contributed by atoms with E-state index in [-0.39, 0.29) is 24.0 Å². The molecule has 0 atom stereocenters. The van der Waals surface area contributed by atoms with Gasteiger partial charge in [-0.25, -0.2) is 14.2 Å². The molecule has 11 heteroatoms. The molecule has 2 aliphatic rings. The van der Waals surface area contributed by atoms with Crippen molar-refractivity contribution in [2.24, 2.45) is 0 Å². The first-order valence-electron chi connectivity index (χ1n) is 12.7. The van der Waals surface area contributed by atoms with E-state index in [1.165, 1.54) is 24.5 Å². The second kappa shape index (κ2) is 10.4. The van der Waals surface area contributed by atoms with Crippen LogP contribution in [0.15, 0.2) is 34.9 Å². The monoisotopic (exact) mass is 590 g/mol. The van der Waals surface area contributed by atoms with Crippen LogP contribution in [0.3, 0.4) is 0 Å². The molecule has 0 unspecified atom stereocenters. The molecule has 2 saturated carbocycles. The topological polar surface area (TPSA) is 94.7 Å². The van der Waals surface area contributed by atoms with Gasteiger partial charge in [0.25, 0.3) is 0 Å². The second-order valence-corrected chi connectivity index (χ2v) is 11.9. The molecule has 0 spiro atoms. The highest BCUT2D eigenvalue weighted by atomic mass is 35.5. The number of methoxy groups -OCH3 is 1. The standard InChI is InChI=1S/C28H25Cl2FN2O5S/c1-36-27(34)16-7-8-20-25(22(16)31)39-26(32-20)15-9-11-28(35,12-10-15)37-13-17-23(33-38-24(17)14-5-6-14)21-18(29)3-2-4-19(21)30/h2-4,7-8,14-15,35H,5-6,9-13H2,1H3. The maximum atomic E-state index is 14.9. The van der Waals surface area contributed by atoms with Gasteiger partial charge in [0.1, 0.15) is 11.5 Å². The van der Waals surface area contributed by atoms with E-state index in [1.807, 2.05) is 0 Å². The molecular weight excluding hydrogens is 566 g/mol. The van der Waals surface area contributed by atoms with E-state index in [0.29, 0.717) is 57.2 Å². The molecule has 4 aromatic rings. The van der Waals surface area contributed by atoms with Gasteiger partial charge in [-0.15, -0.1) is 11.3 Å². The Bertz CT molecular complexity index is 1540. The number of halogens is 3. The molecule has 0 radical (unpaired) electrons. The summed E-state index contributed by atoms with van der Waals surface area (Å²) in [5, 5.41) is 17.3. The van der Waals surface area contributed by atoms with Crippen molar-refractivity contribution in [2.45, 2.75) is 62.8 Å². The molecule has 7 nitrogen and oxygen atoms in total. The molecule has 2 aliphatic carbocycles. The Morgan fingerprint density at radius 1 is 1.15 bits per heavy atom. The highest BCUT2D eigenvalue weighted by Crippen LogP contribution is 2.47. The maximum absolute atomic E-state index is 14.9. The van der Waals surface area contributed by atoms with Gasteiger partial charge < -0.3 is 19.1 Å². The van der Waals surface area contributed by atoms with Gasteiger partial charge in [-0.1, -0.05) is 34.4 Å². The molecule has 39 heavy (non-hydrogen) atoms. The Labute approximate surface area is 237 Å². The van der Waals surface area contributed by atoms with Crippen molar-refractivity contribution in [2.75, 3.05) is 7.11 Å². The first-order chi connectivity index (χ1) is 18.8. The summed E-state index contributed by atoms with van der Waals surface area (Å²) in [6.45, 7) is 0.107. The highest BCUT2D eigenvalue weighted by molar-refractivity contribution is 7.18. The van der Waals surface area contributed by atoms with Crippen LogP contribution in [0, 0.1) is 5.82 Å². The van der Waals surface area contributed by atoms with Crippen molar-refractivity contribution >= 4 is 50.7 Å². The Balaban J connectivity index is 1.18. The predicted molar refractivity (Wildman–Crippen MR) is 146 cm³/mol. The normalized spacial score (nSPS) is 21.4. The first kappa shape index (κ1) is 26.7. The molecule has 1 N–H and O–H groups in total. The SMILES string of the molecule is COC(=O)c1ccc2nc(C3CCC(O)(OCc4c(-c5c(Cl)cccc5Cl)noc4C4CC4)CC3)sc2c1F. The summed E-state index contributed by atoms with van der Waals surface area (Å²) >= 11 is 14.1. The fourth-order valence-electron chi connectivity index (χ4n) is 5.13. The van der Waals surface area contributed by atoms with Crippen LogP contribution >= 0.6 is 34.5 Å². The van der Waals surface area contributed by atoms with Gasteiger partial charge in [0.15, 0.2) is 11.6 Å². The van der Waals surface area contributed by atoms with Crippen molar-refractivity contribution < 1.29 is 28.3 Å². The summed E-state index contributed by atoms with van der Waals surface area (Å²) in [4.78, 5) is 16.5. The number of carbonyl (C=O) groups excluding carboxylic acids is 1. The zero-order valence-corrected chi connectivity index (χ0v) is 23.3. The summed E-state index contributed by atoms with van der Waals surface area (Å²) in [5.74, 6) is -1.61. The summed E-state index contributed by atoms with van der Waals surface area (Å²) < 4.78 is 31.8. The Morgan fingerprint density at radius 3 is 2.54 bits per heavy atom. The largest absolute Gasteiger partial charge is 0.465 e. The van der Waals surface area contributed by atoms with E-state index in [4.69, 9.17) is 32.5 Å². The number of ether oxygens (including phenoxy) is 2. The van der Waals surface area contributed by atoms with Crippen LogP contribution in [-0.4, -0.2) is 34.1 Å². The third-order valence-electron chi connectivity index (χ3n) is 7.49. The number of benzene rings is 2. The van der Waals surface area contributed by atoms with Crippen molar-refractivity contribution in [1.82, 2.24) is 10.1 Å². The van der Waals surface area contributed by atoms with Crippen LogP contribution in [0.4, 0.5) is 4.39 Å². The number of rotatable bonds is 7. The Morgan fingerprint density at radius 2 is 1.87 bits per heavy atom. The summed E-state index contributed by atoms with van der Waals surface area (Å²) in [5.41, 5.74) is 2.27. The zero-order chi connectivity index (χ0) is 27.3. The summed E-state index contributed by atoms with van der Waals surface area (Å²) in [7, 11) is 1.22. The second-order valence-electron chi connectivity index (χ2n) is 10.1. The third kappa shape index (κ3) is 5.07. The molecule has 2 heterocycles. The average molecular weight is 591 g/mol. The molecule has 204 valence electrons. The lowest BCUT2D eigenvalue weighted by Crippen LogP contribution is -2.36. The lowest BCUT2D eigenvalue weighted by Gasteiger charge is -2.35. The fraction of sp³-hybridized carbons (Fsp3) is 0.393. The number of aliphatic hydroxyl groups is 1. The number of aromatic nitrogens is 2. The molecule has 2 fully saturated rings. The molecule has 0 saturated heterocycles. The minimum absolute atomic E-state index is 0.0439. The average Bonchev–Trinajstić information content (AvgIpc) is 3.53. The van der Waals surface area contributed by atoms with Gasteiger partial charge in [-0.3, -0.25) is 0 Å². The van der Waals surface area contributed by atoms with Gasteiger partial charge in [0.05, 0.1) is 44.5 Å². The summed E-state index contributed by atoms with van der Waals surface area (Å²) in [6.07, 6.45) is 4.01. The number of thiazole rings is 1. The molecule has 6 rings (SSSR count). The van der Waals surface area contributed by atoms with Gasteiger partial charge in [-0.2, -0.15) is 0 Å². The van der Waals surface area contributed by atoms with Crippen molar-refractivity contribution in [3.63, 3.8) is 0 Å².